The average molecular weight is 255 g/mol. The van der Waals surface area contributed by atoms with E-state index in [0.717, 1.165) is 25.9 Å². The molecule has 0 spiro atoms. The van der Waals surface area contributed by atoms with Gasteiger partial charge >= 0.3 is 0 Å². The minimum atomic E-state index is -0.378. The molecule has 0 radical (unpaired) electrons. The minimum absolute atomic E-state index is 0.0103. The van der Waals surface area contributed by atoms with Crippen molar-refractivity contribution < 1.29 is 9.59 Å². The minimum Gasteiger partial charge on any atom is -0.354 e. The van der Waals surface area contributed by atoms with Crippen molar-refractivity contribution in [2.75, 3.05) is 26.2 Å². The molecule has 1 saturated heterocycles. The second-order valence-corrected chi connectivity index (χ2v) is 5.84. The second-order valence-electron chi connectivity index (χ2n) is 5.84. The summed E-state index contributed by atoms with van der Waals surface area (Å²) in [4.78, 5) is 23.4. The number of carbonyl (C=O) groups is 2. The maximum Gasteiger partial charge on any atom is 0.225 e. The van der Waals surface area contributed by atoms with Crippen molar-refractivity contribution in [2.45, 2.75) is 33.6 Å². The van der Waals surface area contributed by atoms with E-state index in [2.05, 4.69) is 16.0 Å². The Balaban J connectivity index is 2.14. The van der Waals surface area contributed by atoms with Gasteiger partial charge in [-0.15, -0.1) is 0 Å². The molecule has 1 rings (SSSR count). The fourth-order valence-electron chi connectivity index (χ4n) is 1.85. The van der Waals surface area contributed by atoms with Gasteiger partial charge in [0.2, 0.25) is 11.8 Å². The van der Waals surface area contributed by atoms with Crippen LogP contribution in [0.2, 0.25) is 0 Å². The molecule has 2 amide bonds. The molecule has 1 aliphatic heterocycles. The second kappa shape index (κ2) is 6.73. The van der Waals surface area contributed by atoms with Gasteiger partial charge in [0.25, 0.3) is 0 Å². The molecule has 1 unspecified atom stereocenters. The third kappa shape index (κ3) is 5.04. The third-order valence-corrected chi connectivity index (χ3v) is 3.06. The number of amides is 2. The van der Waals surface area contributed by atoms with Gasteiger partial charge in [-0.2, -0.15) is 0 Å². The summed E-state index contributed by atoms with van der Waals surface area (Å²) in [5, 5.41) is 8.89. The van der Waals surface area contributed by atoms with Crippen LogP contribution in [0.4, 0.5) is 0 Å². The molecule has 3 N–H and O–H groups in total. The number of hydrogen-bond donors (Lipinski definition) is 3. The van der Waals surface area contributed by atoms with Gasteiger partial charge in [0.1, 0.15) is 0 Å². The zero-order chi connectivity index (χ0) is 13.6. The number of nitrogens with one attached hydrogen (secondary N) is 3. The van der Waals surface area contributed by atoms with Crippen LogP contribution in [0.15, 0.2) is 0 Å². The third-order valence-electron chi connectivity index (χ3n) is 3.06. The Morgan fingerprint density at radius 3 is 2.44 bits per heavy atom. The Morgan fingerprint density at radius 1 is 1.22 bits per heavy atom. The average Bonchev–Trinajstić information content (AvgIpc) is 2.34. The van der Waals surface area contributed by atoms with Crippen LogP contribution in [0.3, 0.4) is 0 Å². The summed E-state index contributed by atoms with van der Waals surface area (Å²) < 4.78 is 0. The number of piperidine rings is 1. The lowest BCUT2D eigenvalue weighted by molar-refractivity contribution is -0.129. The highest BCUT2D eigenvalue weighted by Gasteiger charge is 2.22. The Hall–Kier alpha value is -1.10. The van der Waals surface area contributed by atoms with Crippen molar-refractivity contribution >= 4 is 11.8 Å². The van der Waals surface area contributed by atoms with E-state index >= 15 is 0 Å². The summed E-state index contributed by atoms with van der Waals surface area (Å²) in [7, 11) is 0. The first-order valence-electron chi connectivity index (χ1n) is 6.68. The van der Waals surface area contributed by atoms with Gasteiger partial charge in [0.05, 0.1) is 5.92 Å². The van der Waals surface area contributed by atoms with Gasteiger partial charge in [-0.05, 0) is 19.4 Å². The molecular formula is C13H25N3O2. The smallest absolute Gasteiger partial charge is 0.225 e. The van der Waals surface area contributed by atoms with Crippen molar-refractivity contribution in [3.8, 4) is 0 Å². The van der Waals surface area contributed by atoms with E-state index in [9.17, 15) is 9.59 Å². The number of rotatable bonds is 4. The molecule has 1 aliphatic rings. The predicted molar refractivity (Wildman–Crippen MR) is 71.1 cm³/mol. The van der Waals surface area contributed by atoms with Gasteiger partial charge < -0.3 is 16.0 Å². The summed E-state index contributed by atoms with van der Waals surface area (Å²) >= 11 is 0. The summed E-state index contributed by atoms with van der Waals surface area (Å²) in [6.45, 7) is 8.36. The zero-order valence-corrected chi connectivity index (χ0v) is 11.6. The molecule has 5 nitrogen and oxygen atoms in total. The Kier molecular flexibility index (Phi) is 5.59. The zero-order valence-electron chi connectivity index (χ0n) is 11.6. The van der Waals surface area contributed by atoms with E-state index in [1.165, 1.54) is 0 Å². The van der Waals surface area contributed by atoms with E-state index < -0.39 is 0 Å². The normalized spacial score (nSPS) is 20.3. The van der Waals surface area contributed by atoms with Crippen LogP contribution in [0, 0.1) is 11.3 Å². The monoisotopic (exact) mass is 255 g/mol. The summed E-state index contributed by atoms with van der Waals surface area (Å²) in [5.74, 6) is 0.181. The molecule has 1 fully saturated rings. The highest BCUT2D eigenvalue weighted by atomic mass is 16.2. The highest BCUT2D eigenvalue weighted by molar-refractivity contribution is 5.81. The molecule has 0 aromatic carbocycles. The fourth-order valence-corrected chi connectivity index (χ4v) is 1.85. The lowest BCUT2D eigenvalue weighted by atomic mass is 9.96. The highest BCUT2D eigenvalue weighted by Crippen LogP contribution is 2.12. The molecule has 1 heterocycles. The maximum absolute atomic E-state index is 11.8. The number of carbonyl (C=O) groups excluding carboxylic acids is 2. The molecule has 0 bridgehead atoms. The SMILES string of the molecule is CC(C)(C)C(=O)NCCNC(=O)C1CCCNC1. The quantitative estimate of drug-likeness (QED) is 0.631. The lowest BCUT2D eigenvalue weighted by Gasteiger charge is -2.22. The van der Waals surface area contributed by atoms with Gasteiger partial charge in [-0.3, -0.25) is 9.59 Å². The lowest BCUT2D eigenvalue weighted by Crippen LogP contribution is -2.44. The summed E-state index contributed by atoms with van der Waals surface area (Å²) in [6.07, 6.45) is 2.01. The van der Waals surface area contributed by atoms with Crippen molar-refractivity contribution in [2.24, 2.45) is 11.3 Å². The maximum atomic E-state index is 11.8. The van der Waals surface area contributed by atoms with Crippen molar-refractivity contribution in [1.82, 2.24) is 16.0 Å². The van der Waals surface area contributed by atoms with Crippen LogP contribution in [0.5, 0.6) is 0 Å². The molecule has 0 saturated carbocycles. The van der Waals surface area contributed by atoms with E-state index in [4.69, 9.17) is 0 Å². The first-order valence-corrected chi connectivity index (χ1v) is 6.68. The van der Waals surface area contributed by atoms with Crippen LogP contribution in [-0.2, 0) is 9.59 Å². The van der Waals surface area contributed by atoms with Crippen molar-refractivity contribution in [3.63, 3.8) is 0 Å². The van der Waals surface area contributed by atoms with E-state index in [1.54, 1.807) is 0 Å². The van der Waals surface area contributed by atoms with Gasteiger partial charge in [-0.25, -0.2) is 0 Å². The van der Waals surface area contributed by atoms with Gasteiger partial charge in [0, 0.05) is 25.0 Å². The summed E-state index contributed by atoms with van der Waals surface area (Å²) in [5.41, 5.74) is -0.378. The van der Waals surface area contributed by atoms with Crippen LogP contribution in [0.25, 0.3) is 0 Å². The van der Waals surface area contributed by atoms with E-state index in [0.29, 0.717) is 13.1 Å². The topological polar surface area (TPSA) is 70.2 Å². The predicted octanol–water partition coefficient (Wildman–Crippen LogP) is 0.265. The van der Waals surface area contributed by atoms with Crippen molar-refractivity contribution in [3.05, 3.63) is 0 Å². The van der Waals surface area contributed by atoms with E-state index in [1.807, 2.05) is 20.8 Å². The standard InChI is InChI=1S/C13H25N3O2/c1-13(2,3)12(18)16-8-7-15-11(17)10-5-4-6-14-9-10/h10,14H,4-9H2,1-3H3,(H,15,17)(H,16,18). The summed E-state index contributed by atoms with van der Waals surface area (Å²) in [6, 6.07) is 0. The Labute approximate surface area is 109 Å². The molecule has 1 atom stereocenters. The molecule has 0 aliphatic carbocycles. The molecule has 5 heteroatoms. The Morgan fingerprint density at radius 2 is 1.89 bits per heavy atom. The first-order chi connectivity index (χ1) is 8.41. The van der Waals surface area contributed by atoms with E-state index in [-0.39, 0.29) is 23.1 Å². The van der Waals surface area contributed by atoms with Crippen molar-refractivity contribution in [1.29, 1.82) is 0 Å². The number of hydrogen-bond acceptors (Lipinski definition) is 3. The largest absolute Gasteiger partial charge is 0.354 e. The van der Waals surface area contributed by atoms with Gasteiger partial charge in [0.15, 0.2) is 0 Å². The van der Waals surface area contributed by atoms with Crippen LogP contribution in [0.1, 0.15) is 33.6 Å². The van der Waals surface area contributed by atoms with Crippen LogP contribution in [-0.4, -0.2) is 38.0 Å². The molecule has 0 aromatic rings. The van der Waals surface area contributed by atoms with Gasteiger partial charge in [-0.1, -0.05) is 20.8 Å². The first kappa shape index (κ1) is 15.0. The van der Waals surface area contributed by atoms with Crippen LogP contribution < -0.4 is 16.0 Å². The molecule has 104 valence electrons. The molecule has 18 heavy (non-hydrogen) atoms. The Bertz CT molecular complexity index is 291. The van der Waals surface area contributed by atoms with Crippen LogP contribution >= 0.6 is 0 Å². The molecular weight excluding hydrogens is 230 g/mol. The molecule has 0 aromatic heterocycles. The fraction of sp³-hybridized carbons (Fsp3) is 0.846.